The molecule has 21 heavy (non-hydrogen) atoms. The van der Waals surface area contributed by atoms with Crippen molar-refractivity contribution < 1.29 is 14.6 Å². The van der Waals surface area contributed by atoms with Gasteiger partial charge >= 0.3 is 5.97 Å². The predicted octanol–water partition coefficient (Wildman–Crippen LogP) is 2.35. The maximum atomic E-state index is 11.1. The highest BCUT2D eigenvalue weighted by Gasteiger charge is 2.21. The van der Waals surface area contributed by atoms with Crippen LogP contribution in [-0.4, -0.2) is 48.1 Å². The number of pyridine rings is 1. The normalized spacial score (nSPS) is 16.0. The van der Waals surface area contributed by atoms with Crippen LogP contribution in [0.15, 0.2) is 17.2 Å². The number of methoxy groups -OCH3 is 1. The number of thioether (sulfide) groups is 1. The van der Waals surface area contributed by atoms with Gasteiger partial charge in [0.05, 0.1) is 24.7 Å². The first kappa shape index (κ1) is 16.4. The SMILES string of the molecule is COC(=O)CCSc1ccnc(N2CCC(O)CC2)c1Cl. The van der Waals surface area contributed by atoms with Crippen molar-refractivity contribution in [3.63, 3.8) is 0 Å². The van der Waals surface area contributed by atoms with Crippen molar-refractivity contribution in [2.24, 2.45) is 0 Å². The molecule has 1 aliphatic heterocycles. The molecule has 0 radical (unpaired) electrons. The summed E-state index contributed by atoms with van der Waals surface area (Å²) in [6, 6.07) is 1.85. The molecule has 0 unspecified atom stereocenters. The zero-order valence-electron chi connectivity index (χ0n) is 11.9. The van der Waals surface area contributed by atoms with E-state index in [1.54, 1.807) is 6.20 Å². The molecule has 1 aromatic rings. The van der Waals surface area contributed by atoms with Crippen LogP contribution in [0.4, 0.5) is 5.82 Å². The minimum atomic E-state index is -0.224. The molecule has 2 rings (SSSR count). The molecule has 2 heterocycles. The van der Waals surface area contributed by atoms with E-state index < -0.39 is 0 Å². The van der Waals surface area contributed by atoms with Crippen LogP contribution >= 0.6 is 23.4 Å². The van der Waals surface area contributed by atoms with Gasteiger partial charge in [0.1, 0.15) is 5.82 Å². The van der Waals surface area contributed by atoms with Crippen LogP contribution in [0.2, 0.25) is 5.02 Å². The van der Waals surface area contributed by atoms with E-state index >= 15 is 0 Å². The minimum Gasteiger partial charge on any atom is -0.469 e. The number of halogens is 1. The summed E-state index contributed by atoms with van der Waals surface area (Å²) in [7, 11) is 1.38. The Morgan fingerprint density at radius 2 is 2.29 bits per heavy atom. The van der Waals surface area contributed by atoms with Crippen LogP contribution in [0.3, 0.4) is 0 Å². The van der Waals surface area contributed by atoms with Gasteiger partial charge < -0.3 is 14.7 Å². The molecule has 7 heteroatoms. The van der Waals surface area contributed by atoms with Crippen LogP contribution in [-0.2, 0) is 9.53 Å². The predicted molar refractivity (Wildman–Crippen MR) is 84.1 cm³/mol. The Hall–Kier alpha value is -0.980. The van der Waals surface area contributed by atoms with Crippen molar-refractivity contribution in [2.45, 2.75) is 30.3 Å². The molecule has 1 aromatic heterocycles. The number of rotatable bonds is 5. The summed E-state index contributed by atoms with van der Waals surface area (Å²) in [5.74, 6) is 1.15. The summed E-state index contributed by atoms with van der Waals surface area (Å²) in [4.78, 5) is 18.5. The van der Waals surface area contributed by atoms with Crippen molar-refractivity contribution in [1.29, 1.82) is 0 Å². The average molecular weight is 331 g/mol. The second-order valence-electron chi connectivity index (χ2n) is 4.84. The van der Waals surface area contributed by atoms with Gasteiger partial charge in [-0.2, -0.15) is 0 Å². The number of esters is 1. The quantitative estimate of drug-likeness (QED) is 0.660. The fraction of sp³-hybridized carbons (Fsp3) is 0.571. The van der Waals surface area contributed by atoms with Gasteiger partial charge in [0, 0.05) is 29.9 Å². The third-order valence-electron chi connectivity index (χ3n) is 3.39. The third kappa shape index (κ3) is 4.49. The first-order valence-electron chi connectivity index (χ1n) is 6.89. The molecule has 1 fully saturated rings. The van der Waals surface area contributed by atoms with E-state index in [9.17, 15) is 9.90 Å². The van der Waals surface area contributed by atoms with Gasteiger partial charge in [-0.05, 0) is 18.9 Å². The second-order valence-corrected chi connectivity index (χ2v) is 6.35. The molecule has 0 saturated carbocycles. The molecule has 0 amide bonds. The number of nitrogens with zero attached hydrogens (tertiary/aromatic N) is 2. The van der Waals surface area contributed by atoms with E-state index in [0.29, 0.717) is 17.2 Å². The van der Waals surface area contributed by atoms with Gasteiger partial charge in [-0.1, -0.05) is 11.6 Å². The summed E-state index contributed by atoms with van der Waals surface area (Å²) in [5.41, 5.74) is 0. The number of carbonyl (C=O) groups excluding carboxylic acids is 1. The lowest BCUT2D eigenvalue weighted by Crippen LogP contribution is -2.36. The summed E-state index contributed by atoms with van der Waals surface area (Å²) in [6.45, 7) is 1.51. The van der Waals surface area contributed by atoms with Crippen LogP contribution in [0.1, 0.15) is 19.3 Å². The largest absolute Gasteiger partial charge is 0.469 e. The Balaban J connectivity index is 2.00. The Bertz CT molecular complexity index is 493. The van der Waals surface area contributed by atoms with Crippen LogP contribution in [0, 0.1) is 0 Å². The number of carbonyl (C=O) groups is 1. The summed E-state index contributed by atoms with van der Waals surface area (Å²) in [5, 5.41) is 10.2. The Labute approximate surface area is 133 Å². The van der Waals surface area contributed by atoms with Crippen molar-refractivity contribution in [2.75, 3.05) is 30.9 Å². The van der Waals surface area contributed by atoms with Crippen molar-refractivity contribution in [3.05, 3.63) is 17.3 Å². The lowest BCUT2D eigenvalue weighted by molar-refractivity contribution is -0.140. The number of hydrogen-bond donors (Lipinski definition) is 1. The topological polar surface area (TPSA) is 62.7 Å². The third-order valence-corrected chi connectivity index (χ3v) is 4.93. The smallest absolute Gasteiger partial charge is 0.306 e. The van der Waals surface area contributed by atoms with Gasteiger partial charge in [-0.25, -0.2) is 4.98 Å². The number of aliphatic hydroxyl groups excluding tert-OH is 1. The van der Waals surface area contributed by atoms with Crippen LogP contribution in [0.25, 0.3) is 0 Å². The molecule has 5 nitrogen and oxygen atoms in total. The Morgan fingerprint density at radius 1 is 1.57 bits per heavy atom. The molecule has 0 atom stereocenters. The van der Waals surface area contributed by atoms with Gasteiger partial charge in [0.2, 0.25) is 0 Å². The molecule has 0 aliphatic carbocycles. The highest BCUT2D eigenvalue weighted by atomic mass is 35.5. The van der Waals surface area contributed by atoms with E-state index in [2.05, 4.69) is 14.6 Å². The summed E-state index contributed by atoms with van der Waals surface area (Å²) in [6.07, 6.45) is 3.32. The van der Waals surface area contributed by atoms with Crippen molar-refractivity contribution >= 4 is 35.1 Å². The number of anilines is 1. The number of piperidine rings is 1. The number of ether oxygens (including phenoxy) is 1. The standard InChI is InChI=1S/C14H19ClN2O3S/c1-20-12(19)5-9-21-11-2-6-16-14(13(11)15)17-7-3-10(18)4-8-17/h2,6,10,18H,3-5,7-9H2,1H3. The highest BCUT2D eigenvalue weighted by Crippen LogP contribution is 2.34. The summed E-state index contributed by atoms with van der Waals surface area (Å²) >= 11 is 7.94. The average Bonchev–Trinajstić information content (AvgIpc) is 2.50. The maximum Gasteiger partial charge on any atom is 0.306 e. The molecular weight excluding hydrogens is 312 g/mol. The molecule has 0 spiro atoms. The second kappa shape index (κ2) is 7.87. The van der Waals surface area contributed by atoms with Gasteiger partial charge in [-0.15, -0.1) is 11.8 Å². The van der Waals surface area contributed by atoms with Gasteiger partial charge in [0.25, 0.3) is 0 Å². The van der Waals surface area contributed by atoms with E-state index in [4.69, 9.17) is 11.6 Å². The first-order chi connectivity index (χ1) is 10.1. The molecule has 0 aromatic carbocycles. The fourth-order valence-corrected chi connectivity index (χ4v) is 3.43. The maximum absolute atomic E-state index is 11.1. The van der Waals surface area contributed by atoms with Crippen LogP contribution in [0.5, 0.6) is 0 Å². The minimum absolute atomic E-state index is 0.224. The number of aromatic nitrogens is 1. The van der Waals surface area contributed by atoms with Crippen molar-refractivity contribution in [1.82, 2.24) is 4.98 Å². The van der Waals surface area contributed by atoms with Crippen molar-refractivity contribution in [3.8, 4) is 0 Å². The van der Waals surface area contributed by atoms with Gasteiger partial charge in [-0.3, -0.25) is 4.79 Å². The zero-order chi connectivity index (χ0) is 15.2. The van der Waals surface area contributed by atoms with E-state index in [0.717, 1.165) is 36.6 Å². The summed E-state index contributed by atoms with van der Waals surface area (Å²) < 4.78 is 4.62. The molecule has 1 aliphatic rings. The Morgan fingerprint density at radius 3 is 2.95 bits per heavy atom. The monoisotopic (exact) mass is 330 g/mol. The zero-order valence-corrected chi connectivity index (χ0v) is 13.5. The molecule has 1 saturated heterocycles. The van der Waals surface area contributed by atoms with Gasteiger partial charge in [0.15, 0.2) is 0 Å². The highest BCUT2D eigenvalue weighted by molar-refractivity contribution is 7.99. The molecular formula is C14H19ClN2O3S. The lowest BCUT2D eigenvalue weighted by atomic mass is 10.1. The molecule has 1 N–H and O–H groups in total. The number of hydrogen-bond acceptors (Lipinski definition) is 6. The van der Waals surface area contributed by atoms with E-state index in [1.807, 2.05) is 6.07 Å². The number of aliphatic hydroxyl groups is 1. The first-order valence-corrected chi connectivity index (χ1v) is 8.25. The Kier molecular flexibility index (Phi) is 6.14. The van der Waals surface area contributed by atoms with Crippen LogP contribution < -0.4 is 4.90 Å². The fourth-order valence-electron chi connectivity index (χ4n) is 2.17. The molecule has 0 bridgehead atoms. The van der Waals surface area contributed by atoms with E-state index in [1.165, 1.54) is 18.9 Å². The lowest BCUT2D eigenvalue weighted by Gasteiger charge is -2.31. The van der Waals surface area contributed by atoms with E-state index in [-0.39, 0.29) is 12.1 Å². The molecule has 116 valence electrons.